The van der Waals surface area contributed by atoms with E-state index in [9.17, 15) is 13.2 Å². The Hall–Kier alpha value is -1.39. The van der Waals surface area contributed by atoms with Crippen LogP contribution in [0.1, 0.15) is 5.69 Å². The van der Waals surface area contributed by atoms with Crippen molar-refractivity contribution in [2.45, 2.75) is 5.51 Å². The number of terminal acetylenes is 1. The van der Waals surface area contributed by atoms with Crippen molar-refractivity contribution < 1.29 is 26.5 Å². The Morgan fingerprint density at radius 1 is 1.50 bits per heavy atom. The van der Waals surface area contributed by atoms with E-state index in [1.165, 1.54) is 0 Å². The van der Waals surface area contributed by atoms with Gasteiger partial charge in [-0.1, -0.05) is 0 Å². The first-order valence-electron chi connectivity index (χ1n) is 3.86. The van der Waals surface area contributed by atoms with Crippen molar-refractivity contribution in [2.75, 3.05) is 0 Å². The van der Waals surface area contributed by atoms with E-state index in [2.05, 4.69) is 5.92 Å². The van der Waals surface area contributed by atoms with Crippen molar-refractivity contribution in [3.8, 4) is 12.3 Å². The van der Waals surface area contributed by atoms with E-state index in [1.54, 1.807) is 0 Å². The molecule has 0 aromatic carbocycles. The minimum atomic E-state index is -5.08. The lowest BCUT2D eigenvalue weighted by molar-refractivity contribution is -0.673. The van der Waals surface area contributed by atoms with Crippen LogP contribution >= 0.6 is 0 Å². The molecule has 1 atom stereocenters. The molecule has 0 radical (unpaired) electrons. The number of aryl methyl sites for hydroxylation is 1. The van der Waals surface area contributed by atoms with Crippen LogP contribution in [0.25, 0.3) is 0 Å². The predicted molar refractivity (Wildman–Crippen MR) is 50.5 cm³/mol. The van der Waals surface area contributed by atoms with Crippen LogP contribution in [0.5, 0.6) is 0 Å². The van der Waals surface area contributed by atoms with Gasteiger partial charge >= 0.3 is 5.51 Å². The molecular formula is C9H8F3NO2S. The third-order valence-electron chi connectivity index (χ3n) is 1.39. The summed E-state index contributed by atoms with van der Waals surface area (Å²) in [5, 5.41) is 0. The molecule has 3 nitrogen and oxygen atoms in total. The summed E-state index contributed by atoms with van der Waals surface area (Å²) in [5.41, 5.74) is -4.18. The third kappa shape index (κ3) is 5.48. The van der Waals surface area contributed by atoms with Crippen LogP contribution in [0.4, 0.5) is 13.2 Å². The molecule has 0 aliphatic rings. The molecule has 1 aromatic heterocycles. The van der Waals surface area contributed by atoms with Crippen LogP contribution < -0.4 is 4.57 Å². The van der Waals surface area contributed by atoms with Gasteiger partial charge in [0.25, 0.3) is 5.69 Å². The molecule has 0 bridgehead atoms. The molecule has 7 heteroatoms. The molecule has 1 aromatic rings. The lowest BCUT2D eigenvalue weighted by Gasteiger charge is -2.06. The Kier molecular flexibility index (Phi) is 5.71. The maximum atomic E-state index is 10.6. The lowest BCUT2D eigenvalue weighted by Crippen LogP contribution is -2.30. The van der Waals surface area contributed by atoms with Crippen molar-refractivity contribution in [2.24, 2.45) is 7.05 Å². The van der Waals surface area contributed by atoms with Gasteiger partial charge in [0, 0.05) is 12.1 Å². The second-order valence-corrected chi connectivity index (χ2v) is 3.45. The number of hydrogen-bond donors (Lipinski definition) is 0. The summed E-state index contributed by atoms with van der Waals surface area (Å²) >= 11 is -3.93. The second kappa shape index (κ2) is 6.25. The van der Waals surface area contributed by atoms with Crippen LogP contribution in [0.2, 0.25) is 0 Å². The summed E-state index contributed by atoms with van der Waals surface area (Å²) in [4.78, 5) is 0. The minimum Gasteiger partial charge on any atom is -0.766 e. The Balaban J connectivity index is 0.000000293. The fourth-order valence-electron chi connectivity index (χ4n) is 0.673. The maximum Gasteiger partial charge on any atom is 0.458 e. The second-order valence-electron chi connectivity index (χ2n) is 2.52. The minimum absolute atomic E-state index is 0.900. The molecule has 0 saturated carbocycles. The monoisotopic (exact) mass is 251 g/mol. The molecule has 16 heavy (non-hydrogen) atoms. The fourth-order valence-corrected chi connectivity index (χ4v) is 0.673. The smallest absolute Gasteiger partial charge is 0.458 e. The van der Waals surface area contributed by atoms with Crippen LogP contribution in [-0.2, 0) is 18.1 Å². The number of halogens is 3. The van der Waals surface area contributed by atoms with E-state index in [4.69, 9.17) is 15.2 Å². The molecule has 0 amide bonds. The van der Waals surface area contributed by atoms with E-state index in [1.807, 2.05) is 36.0 Å². The Bertz CT molecular complexity index is 412. The number of rotatable bonds is 0. The largest absolute Gasteiger partial charge is 0.766 e. The van der Waals surface area contributed by atoms with E-state index in [-0.39, 0.29) is 0 Å². The third-order valence-corrected chi connectivity index (χ3v) is 1.77. The SMILES string of the molecule is C#Cc1cccc[n+]1C.O=S([O-])C(F)(F)F. The molecule has 1 heterocycles. The van der Waals surface area contributed by atoms with Gasteiger partial charge in [-0.15, -0.1) is 6.42 Å². The van der Waals surface area contributed by atoms with Gasteiger partial charge in [-0.05, 0) is 12.0 Å². The highest BCUT2D eigenvalue weighted by Crippen LogP contribution is 2.16. The highest BCUT2D eigenvalue weighted by atomic mass is 32.2. The van der Waals surface area contributed by atoms with Gasteiger partial charge in [-0.25, -0.2) is 0 Å². The quantitative estimate of drug-likeness (QED) is 0.390. The van der Waals surface area contributed by atoms with Crippen molar-refractivity contribution >= 4 is 11.1 Å². The van der Waals surface area contributed by atoms with E-state index in [0.29, 0.717) is 0 Å². The van der Waals surface area contributed by atoms with E-state index >= 15 is 0 Å². The van der Waals surface area contributed by atoms with E-state index < -0.39 is 16.6 Å². The normalized spacial score (nSPS) is 12.0. The standard InChI is InChI=1S/C8H8N.CHF3O2S/c1-3-8-6-4-5-7-9(8)2;2-1(3,4)7(5)6/h1,4-7H,2H3;(H,5,6)/q+1;/p-1. The number of nitrogens with zero attached hydrogens (tertiary/aromatic N) is 1. The van der Waals surface area contributed by atoms with Gasteiger partial charge in [0.15, 0.2) is 6.20 Å². The number of alkyl halides is 3. The number of aromatic nitrogens is 1. The Labute approximate surface area is 93.2 Å². The van der Waals surface area contributed by atoms with Gasteiger partial charge in [-0.2, -0.15) is 17.7 Å². The molecule has 0 N–H and O–H groups in total. The molecule has 0 aliphatic carbocycles. The lowest BCUT2D eigenvalue weighted by atomic mass is 10.3. The zero-order valence-corrected chi connectivity index (χ0v) is 9.01. The zero-order chi connectivity index (χ0) is 12.8. The van der Waals surface area contributed by atoms with Gasteiger partial charge in [0.1, 0.15) is 7.05 Å². The van der Waals surface area contributed by atoms with Gasteiger partial charge in [0.2, 0.25) is 0 Å². The van der Waals surface area contributed by atoms with Crippen LogP contribution in [-0.4, -0.2) is 14.3 Å². The first-order valence-corrected chi connectivity index (χ1v) is 4.94. The topological polar surface area (TPSA) is 44.0 Å². The highest BCUT2D eigenvalue weighted by molar-refractivity contribution is 7.80. The maximum absolute atomic E-state index is 10.6. The molecule has 1 unspecified atom stereocenters. The molecule has 0 aliphatic heterocycles. The summed E-state index contributed by atoms with van der Waals surface area (Å²) in [5.74, 6) is 2.56. The molecule has 1 rings (SSSR count). The van der Waals surface area contributed by atoms with Crippen molar-refractivity contribution in [1.82, 2.24) is 0 Å². The van der Waals surface area contributed by atoms with Crippen LogP contribution in [0, 0.1) is 12.3 Å². The summed E-state index contributed by atoms with van der Waals surface area (Å²) < 4.78 is 51.4. The summed E-state index contributed by atoms with van der Waals surface area (Å²) in [6, 6.07) is 5.77. The van der Waals surface area contributed by atoms with Crippen molar-refractivity contribution in [3.05, 3.63) is 30.1 Å². The Morgan fingerprint density at radius 2 is 2.00 bits per heavy atom. The van der Waals surface area contributed by atoms with Gasteiger partial charge in [0.05, 0.1) is 11.1 Å². The zero-order valence-electron chi connectivity index (χ0n) is 8.19. The first kappa shape index (κ1) is 14.6. The van der Waals surface area contributed by atoms with Crippen LogP contribution in [0.15, 0.2) is 24.4 Å². The summed E-state index contributed by atoms with van der Waals surface area (Å²) in [6.07, 6.45) is 7.11. The Morgan fingerprint density at radius 3 is 2.25 bits per heavy atom. The summed E-state index contributed by atoms with van der Waals surface area (Å²) in [6.45, 7) is 0. The van der Waals surface area contributed by atoms with E-state index in [0.717, 1.165) is 5.69 Å². The molecular weight excluding hydrogens is 243 g/mol. The molecule has 88 valence electrons. The molecule has 0 fully saturated rings. The van der Waals surface area contributed by atoms with Crippen molar-refractivity contribution in [3.63, 3.8) is 0 Å². The van der Waals surface area contributed by atoms with Gasteiger partial charge in [-0.3, -0.25) is 4.21 Å². The number of hydrogen-bond acceptors (Lipinski definition) is 2. The fraction of sp³-hybridized carbons (Fsp3) is 0.222. The van der Waals surface area contributed by atoms with Crippen LogP contribution in [0.3, 0.4) is 0 Å². The first-order chi connectivity index (χ1) is 7.29. The summed E-state index contributed by atoms with van der Waals surface area (Å²) in [7, 11) is 1.93. The molecule has 0 spiro atoms. The average molecular weight is 251 g/mol. The van der Waals surface area contributed by atoms with Gasteiger partial charge < -0.3 is 4.55 Å². The van der Waals surface area contributed by atoms with Crippen molar-refractivity contribution in [1.29, 1.82) is 0 Å². The predicted octanol–water partition coefficient (Wildman–Crippen LogP) is 0.878. The average Bonchev–Trinajstić information content (AvgIpc) is 2.18. The highest BCUT2D eigenvalue weighted by Gasteiger charge is 2.28. The number of pyridine rings is 1. The molecule has 0 saturated heterocycles.